The molecule has 64 valence electrons. The minimum Gasteiger partial charge on any atom is -0.480 e. The van der Waals surface area contributed by atoms with Crippen molar-refractivity contribution in [2.24, 2.45) is 0 Å². The lowest BCUT2D eigenvalue weighted by Crippen LogP contribution is -2.48. The zero-order valence-electron chi connectivity index (χ0n) is 6.10. The molecule has 0 saturated carbocycles. The molecule has 2 heterocycles. The lowest BCUT2D eigenvalue weighted by molar-refractivity contribution is -0.146. The Hall–Kier alpha value is -1.56. The number of rotatable bonds is 1. The zero-order valence-corrected chi connectivity index (χ0v) is 6.10. The first-order valence-electron chi connectivity index (χ1n) is 3.44. The number of hydrogen-bond donors (Lipinski definition) is 2. The number of nitrogens with one attached hydrogen (secondary N) is 1. The average molecular weight is 169 g/mol. The molecule has 0 radical (unpaired) electrons. The third kappa shape index (κ3) is 1.02. The summed E-state index contributed by atoms with van der Waals surface area (Å²) in [6, 6.07) is -0.686. The molecule has 1 unspecified atom stereocenters. The SMILES string of the molecule is O=C(O)C1Cc2cncn2ON1. The molecule has 0 bridgehead atoms. The van der Waals surface area contributed by atoms with Gasteiger partial charge in [-0.05, 0) is 0 Å². The van der Waals surface area contributed by atoms with Crippen LogP contribution in [0.5, 0.6) is 0 Å². The van der Waals surface area contributed by atoms with Crippen molar-refractivity contribution in [2.45, 2.75) is 12.5 Å². The van der Waals surface area contributed by atoms with Crippen molar-refractivity contribution in [1.29, 1.82) is 0 Å². The number of hydroxylamine groups is 1. The molecule has 1 aliphatic rings. The predicted molar refractivity (Wildman–Crippen MR) is 37.1 cm³/mol. The van der Waals surface area contributed by atoms with Crippen molar-refractivity contribution >= 4 is 5.97 Å². The molecule has 2 rings (SSSR count). The highest BCUT2D eigenvalue weighted by Crippen LogP contribution is 2.05. The Bertz CT molecular complexity index is 309. The van der Waals surface area contributed by atoms with Crippen LogP contribution in [0.3, 0.4) is 0 Å². The van der Waals surface area contributed by atoms with E-state index in [1.165, 1.54) is 11.1 Å². The summed E-state index contributed by atoms with van der Waals surface area (Å²) in [6.45, 7) is 0. The van der Waals surface area contributed by atoms with Gasteiger partial charge in [0.1, 0.15) is 12.4 Å². The standard InChI is InChI=1S/C6H7N3O3/c10-6(11)5-1-4-2-7-3-9(4)12-8-5/h2-3,5,8H,1H2,(H,10,11). The number of carbonyl (C=O) groups is 1. The Morgan fingerprint density at radius 2 is 2.75 bits per heavy atom. The van der Waals surface area contributed by atoms with Crippen LogP contribution >= 0.6 is 0 Å². The summed E-state index contributed by atoms with van der Waals surface area (Å²) in [5, 5.41) is 8.63. The first-order valence-corrected chi connectivity index (χ1v) is 3.44. The van der Waals surface area contributed by atoms with Crippen LogP contribution in [0, 0.1) is 0 Å². The largest absolute Gasteiger partial charge is 0.480 e. The summed E-state index contributed by atoms with van der Waals surface area (Å²) in [7, 11) is 0. The number of hydrogen-bond acceptors (Lipinski definition) is 4. The van der Waals surface area contributed by atoms with E-state index in [-0.39, 0.29) is 0 Å². The lowest BCUT2D eigenvalue weighted by atomic mass is 10.2. The van der Waals surface area contributed by atoms with Gasteiger partial charge in [-0.15, -0.1) is 5.48 Å². The Labute approximate surface area is 67.7 Å². The second-order valence-corrected chi connectivity index (χ2v) is 2.51. The van der Waals surface area contributed by atoms with Crippen molar-refractivity contribution in [1.82, 2.24) is 15.2 Å². The average Bonchev–Trinajstić information content (AvgIpc) is 2.49. The molecule has 2 N–H and O–H groups in total. The van der Waals surface area contributed by atoms with Gasteiger partial charge in [-0.2, -0.15) is 4.73 Å². The highest BCUT2D eigenvalue weighted by atomic mass is 16.8. The number of carboxylic acid groups (broad SMARTS) is 1. The van der Waals surface area contributed by atoms with Gasteiger partial charge < -0.3 is 10.0 Å². The Morgan fingerprint density at radius 1 is 1.92 bits per heavy atom. The monoisotopic (exact) mass is 169 g/mol. The van der Waals surface area contributed by atoms with Gasteiger partial charge in [0.15, 0.2) is 0 Å². The van der Waals surface area contributed by atoms with Crippen LogP contribution in [0.4, 0.5) is 0 Å². The van der Waals surface area contributed by atoms with Crippen molar-refractivity contribution < 1.29 is 14.8 Å². The summed E-state index contributed by atoms with van der Waals surface area (Å²) in [5.74, 6) is -0.928. The highest BCUT2D eigenvalue weighted by Gasteiger charge is 2.25. The molecule has 0 spiro atoms. The maximum atomic E-state index is 10.5. The number of aromatic nitrogens is 2. The van der Waals surface area contributed by atoms with Crippen LogP contribution in [-0.2, 0) is 11.2 Å². The molecule has 1 atom stereocenters. The molecule has 6 nitrogen and oxygen atoms in total. The summed E-state index contributed by atoms with van der Waals surface area (Å²) in [6.07, 6.45) is 3.44. The van der Waals surface area contributed by atoms with Crippen LogP contribution in [-0.4, -0.2) is 26.8 Å². The zero-order chi connectivity index (χ0) is 8.55. The summed E-state index contributed by atoms with van der Waals surface area (Å²) >= 11 is 0. The molecule has 0 amide bonds. The van der Waals surface area contributed by atoms with Crippen LogP contribution in [0.1, 0.15) is 5.69 Å². The van der Waals surface area contributed by atoms with Gasteiger partial charge in [0, 0.05) is 6.42 Å². The molecule has 0 aliphatic carbocycles. The normalized spacial score (nSPS) is 21.2. The van der Waals surface area contributed by atoms with E-state index in [2.05, 4.69) is 10.5 Å². The van der Waals surface area contributed by atoms with Gasteiger partial charge >= 0.3 is 5.97 Å². The van der Waals surface area contributed by atoms with E-state index in [9.17, 15) is 4.79 Å². The summed E-state index contributed by atoms with van der Waals surface area (Å²) in [5.41, 5.74) is 3.14. The first-order chi connectivity index (χ1) is 5.77. The van der Waals surface area contributed by atoms with Crippen LogP contribution < -0.4 is 10.4 Å². The Balaban J connectivity index is 2.20. The number of imidazole rings is 1. The molecule has 0 aromatic carbocycles. The first kappa shape index (κ1) is 7.11. The van der Waals surface area contributed by atoms with Crippen LogP contribution in [0.25, 0.3) is 0 Å². The smallest absolute Gasteiger partial charge is 0.324 e. The summed E-state index contributed by atoms with van der Waals surface area (Å²) < 4.78 is 1.40. The number of nitrogens with zero attached hydrogens (tertiary/aromatic N) is 2. The minimum atomic E-state index is -0.928. The van der Waals surface area contributed by atoms with E-state index in [4.69, 9.17) is 10.0 Å². The van der Waals surface area contributed by atoms with Crippen molar-refractivity contribution in [3.63, 3.8) is 0 Å². The molecule has 1 aromatic rings. The van der Waals surface area contributed by atoms with E-state index in [0.29, 0.717) is 6.42 Å². The molecular weight excluding hydrogens is 162 g/mol. The van der Waals surface area contributed by atoms with Gasteiger partial charge in [-0.25, -0.2) is 4.98 Å². The Kier molecular flexibility index (Phi) is 1.47. The summed E-state index contributed by atoms with van der Waals surface area (Å²) in [4.78, 5) is 19.2. The van der Waals surface area contributed by atoms with Crippen molar-refractivity contribution in [3.05, 3.63) is 18.2 Å². The quantitative estimate of drug-likeness (QED) is 0.553. The van der Waals surface area contributed by atoms with E-state index >= 15 is 0 Å². The van der Waals surface area contributed by atoms with Gasteiger partial charge in [0.05, 0.1) is 11.9 Å². The van der Waals surface area contributed by atoms with Gasteiger partial charge in [0.2, 0.25) is 0 Å². The molecule has 0 saturated heterocycles. The molecule has 1 aliphatic heterocycles. The topological polar surface area (TPSA) is 76.4 Å². The lowest BCUT2D eigenvalue weighted by Gasteiger charge is -2.20. The fraction of sp³-hybridized carbons (Fsp3) is 0.333. The molecule has 0 fully saturated rings. The molecule has 1 aromatic heterocycles. The second kappa shape index (κ2) is 2.49. The van der Waals surface area contributed by atoms with E-state index in [1.807, 2.05) is 0 Å². The van der Waals surface area contributed by atoms with E-state index in [0.717, 1.165) is 5.69 Å². The highest BCUT2D eigenvalue weighted by molar-refractivity contribution is 5.73. The molecule has 12 heavy (non-hydrogen) atoms. The number of fused-ring (bicyclic) bond motifs is 1. The third-order valence-corrected chi connectivity index (χ3v) is 1.68. The molecule has 6 heteroatoms. The fourth-order valence-corrected chi connectivity index (χ4v) is 1.04. The second-order valence-electron chi connectivity index (χ2n) is 2.51. The van der Waals surface area contributed by atoms with Gasteiger partial charge in [0.25, 0.3) is 0 Å². The minimum absolute atomic E-state index is 0.384. The maximum Gasteiger partial charge on any atom is 0.324 e. The number of carboxylic acids is 1. The number of aliphatic carboxylic acids is 1. The van der Waals surface area contributed by atoms with E-state index < -0.39 is 12.0 Å². The molecular formula is C6H7N3O3. The third-order valence-electron chi connectivity index (χ3n) is 1.68. The van der Waals surface area contributed by atoms with Crippen molar-refractivity contribution in [2.75, 3.05) is 0 Å². The predicted octanol–water partition coefficient (Wildman–Crippen LogP) is -1.17. The van der Waals surface area contributed by atoms with Crippen LogP contribution in [0.15, 0.2) is 12.5 Å². The van der Waals surface area contributed by atoms with Crippen molar-refractivity contribution in [3.8, 4) is 0 Å². The maximum absolute atomic E-state index is 10.5. The van der Waals surface area contributed by atoms with Crippen LogP contribution in [0.2, 0.25) is 0 Å². The van der Waals surface area contributed by atoms with E-state index in [1.54, 1.807) is 6.20 Å². The van der Waals surface area contributed by atoms with Gasteiger partial charge in [-0.1, -0.05) is 0 Å². The Morgan fingerprint density at radius 3 is 3.50 bits per heavy atom. The van der Waals surface area contributed by atoms with Gasteiger partial charge in [-0.3, -0.25) is 4.79 Å². The fourth-order valence-electron chi connectivity index (χ4n) is 1.04.